The molecule has 0 N–H and O–H groups in total. The molecule has 7 nitrogen and oxygen atoms in total. The molecule has 1 amide bonds. The number of carbonyl (C=O) groups is 1. The Morgan fingerprint density at radius 3 is 2.50 bits per heavy atom. The fraction of sp³-hybridized carbons (Fsp3) is 0.318. The number of carbonyl (C=O) groups excluding carboxylic acids is 1. The Morgan fingerprint density at radius 2 is 1.94 bits per heavy atom. The van der Waals surface area contributed by atoms with Crippen molar-refractivity contribution in [2.45, 2.75) is 13.2 Å². The number of thiazole rings is 1. The van der Waals surface area contributed by atoms with Gasteiger partial charge in [0.25, 0.3) is 11.5 Å². The molecule has 2 aromatic rings. The maximum absolute atomic E-state index is 13.0. The van der Waals surface area contributed by atoms with Crippen molar-refractivity contribution >= 4 is 28.9 Å². The Balaban J connectivity index is 2.07. The minimum atomic E-state index is -2.92. The number of alkyl halides is 2. The van der Waals surface area contributed by atoms with Crippen LogP contribution < -0.4 is 19.5 Å². The Bertz CT molecular complexity index is 1200. The minimum Gasteiger partial charge on any atom is -0.435 e. The van der Waals surface area contributed by atoms with E-state index in [0.717, 1.165) is 11.3 Å². The summed E-state index contributed by atoms with van der Waals surface area (Å²) in [5, 5.41) is 9.75. The summed E-state index contributed by atoms with van der Waals surface area (Å²) in [5.74, 6) is -0.398. The molecule has 1 aliphatic heterocycles. The lowest BCUT2D eigenvalue weighted by Crippen LogP contribution is -2.48. The van der Waals surface area contributed by atoms with Crippen molar-refractivity contribution in [3.05, 3.63) is 62.0 Å². The summed E-state index contributed by atoms with van der Waals surface area (Å²) < 4.78 is 30.9. The Hall–Kier alpha value is -3.29. The van der Waals surface area contributed by atoms with Crippen LogP contribution in [-0.4, -0.2) is 60.1 Å². The van der Waals surface area contributed by atoms with E-state index < -0.39 is 12.5 Å². The van der Waals surface area contributed by atoms with Crippen LogP contribution in [0.2, 0.25) is 0 Å². The third-order valence-electron chi connectivity index (χ3n) is 4.95. The number of aromatic nitrogens is 1. The van der Waals surface area contributed by atoms with E-state index in [1.807, 2.05) is 13.1 Å². The highest BCUT2D eigenvalue weighted by Gasteiger charge is 2.24. The predicted octanol–water partition coefficient (Wildman–Crippen LogP) is 0.974. The van der Waals surface area contributed by atoms with Crippen molar-refractivity contribution < 1.29 is 18.3 Å². The second-order valence-electron chi connectivity index (χ2n) is 7.15. The first-order valence-corrected chi connectivity index (χ1v) is 10.6. The van der Waals surface area contributed by atoms with Crippen molar-refractivity contribution in [1.82, 2.24) is 14.4 Å². The van der Waals surface area contributed by atoms with Gasteiger partial charge in [0.2, 0.25) is 0 Å². The third-order valence-corrected chi connectivity index (χ3v) is 6.08. The minimum absolute atomic E-state index is 0.00552. The highest BCUT2D eigenvalue weighted by atomic mass is 32.1. The van der Waals surface area contributed by atoms with Crippen LogP contribution in [0.3, 0.4) is 0 Å². The van der Waals surface area contributed by atoms with E-state index >= 15 is 0 Å². The lowest BCUT2D eigenvalue weighted by molar-refractivity contribution is -0.126. The molecule has 1 aliphatic rings. The molecule has 32 heavy (non-hydrogen) atoms. The number of amides is 1. The standard InChI is InChI=1S/C22H22F2N4O3S/c1-3-8-28-20(30)18(13-15-4-6-16(7-5-15)31-22(23)24)32-21(28)17(14-25)19(29)27-11-9-26(2)10-12-27/h3-7,13,22H,1,8-12H2,2H3/b18-13-,21-17-. The molecule has 1 fully saturated rings. The van der Waals surface area contributed by atoms with Gasteiger partial charge >= 0.3 is 6.61 Å². The highest BCUT2D eigenvalue weighted by Crippen LogP contribution is 2.15. The maximum atomic E-state index is 13.0. The Kier molecular flexibility index (Phi) is 7.56. The van der Waals surface area contributed by atoms with Crippen LogP contribution >= 0.6 is 11.3 Å². The van der Waals surface area contributed by atoms with Gasteiger partial charge < -0.3 is 14.5 Å². The van der Waals surface area contributed by atoms with Crippen molar-refractivity contribution in [1.29, 1.82) is 5.26 Å². The Morgan fingerprint density at radius 1 is 1.28 bits per heavy atom. The summed E-state index contributed by atoms with van der Waals surface area (Å²) in [5.41, 5.74) is 0.141. The van der Waals surface area contributed by atoms with Crippen molar-refractivity contribution in [2.24, 2.45) is 0 Å². The van der Waals surface area contributed by atoms with Crippen LogP contribution in [0.5, 0.6) is 5.75 Å². The summed E-state index contributed by atoms with van der Waals surface area (Å²) in [4.78, 5) is 29.7. The summed E-state index contributed by atoms with van der Waals surface area (Å²) in [7, 11) is 1.96. The molecule has 0 saturated carbocycles. The van der Waals surface area contributed by atoms with Crippen molar-refractivity contribution in [3.63, 3.8) is 0 Å². The van der Waals surface area contributed by atoms with Crippen molar-refractivity contribution in [3.8, 4) is 11.8 Å². The van der Waals surface area contributed by atoms with Crippen molar-refractivity contribution in [2.75, 3.05) is 33.2 Å². The molecule has 2 heterocycles. The van der Waals surface area contributed by atoms with E-state index in [-0.39, 0.29) is 28.1 Å². The molecular weight excluding hydrogens is 438 g/mol. The van der Waals surface area contributed by atoms with E-state index in [9.17, 15) is 23.6 Å². The number of rotatable bonds is 6. The van der Waals surface area contributed by atoms with Gasteiger partial charge in [-0.05, 0) is 30.8 Å². The number of ether oxygens (including phenoxy) is 1. The van der Waals surface area contributed by atoms with Crippen LogP contribution in [0, 0.1) is 11.3 Å². The topological polar surface area (TPSA) is 78.6 Å². The first-order chi connectivity index (χ1) is 15.3. The maximum Gasteiger partial charge on any atom is 0.387 e. The van der Waals surface area contributed by atoms with E-state index in [1.165, 1.54) is 22.8 Å². The number of nitrogens with zero attached hydrogens (tertiary/aromatic N) is 4. The van der Waals surface area contributed by atoms with Gasteiger partial charge in [-0.15, -0.1) is 17.9 Å². The number of nitriles is 1. The zero-order chi connectivity index (χ0) is 23.3. The number of benzene rings is 1. The molecular formula is C22H22F2N4O3S. The molecule has 0 unspecified atom stereocenters. The molecule has 0 aliphatic carbocycles. The molecule has 1 saturated heterocycles. The number of likely N-dealkylation sites (N-methyl/N-ethyl adjacent to an activating group) is 1. The first kappa shape index (κ1) is 23.4. The number of halogens is 2. The van der Waals surface area contributed by atoms with Crippen LogP contribution in [0.25, 0.3) is 11.6 Å². The average Bonchev–Trinajstić information content (AvgIpc) is 3.06. The van der Waals surface area contributed by atoms with Crippen LogP contribution in [-0.2, 0) is 11.3 Å². The molecule has 1 aromatic heterocycles. The van der Waals surface area contributed by atoms with Gasteiger partial charge in [-0.1, -0.05) is 18.2 Å². The number of hydrogen-bond donors (Lipinski definition) is 0. The fourth-order valence-electron chi connectivity index (χ4n) is 3.25. The van der Waals surface area contributed by atoms with Crippen LogP contribution in [0.1, 0.15) is 5.56 Å². The zero-order valence-electron chi connectivity index (χ0n) is 17.5. The molecule has 10 heteroatoms. The van der Waals surface area contributed by atoms with Crippen LogP contribution in [0.4, 0.5) is 8.78 Å². The molecule has 3 rings (SSSR count). The lowest BCUT2D eigenvalue weighted by Gasteiger charge is -2.32. The van der Waals surface area contributed by atoms with E-state index in [2.05, 4.69) is 16.2 Å². The van der Waals surface area contributed by atoms with Gasteiger partial charge in [0.1, 0.15) is 16.5 Å². The van der Waals surface area contributed by atoms with Gasteiger partial charge in [0, 0.05) is 32.7 Å². The Labute approximate surface area is 187 Å². The number of piperazine rings is 1. The molecule has 0 spiro atoms. The number of allylic oxidation sites excluding steroid dienone is 1. The number of hydrogen-bond acceptors (Lipinski definition) is 6. The summed E-state index contributed by atoms with van der Waals surface area (Å²) in [6.07, 6.45) is 3.10. The average molecular weight is 461 g/mol. The zero-order valence-corrected chi connectivity index (χ0v) is 18.3. The lowest BCUT2D eigenvalue weighted by atomic mass is 10.2. The van der Waals surface area contributed by atoms with Gasteiger partial charge in [-0.3, -0.25) is 14.2 Å². The third kappa shape index (κ3) is 5.30. The summed E-state index contributed by atoms with van der Waals surface area (Å²) in [6, 6.07) is 7.81. The molecule has 0 atom stereocenters. The smallest absolute Gasteiger partial charge is 0.387 e. The normalized spacial score (nSPS) is 16.1. The molecule has 1 aromatic carbocycles. The predicted molar refractivity (Wildman–Crippen MR) is 118 cm³/mol. The highest BCUT2D eigenvalue weighted by molar-refractivity contribution is 7.07. The first-order valence-electron chi connectivity index (χ1n) is 9.83. The van der Waals surface area contributed by atoms with E-state index in [4.69, 9.17) is 0 Å². The largest absolute Gasteiger partial charge is 0.435 e. The second kappa shape index (κ2) is 10.3. The molecule has 0 radical (unpaired) electrons. The molecule has 0 bridgehead atoms. The molecule has 168 valence electrons. The van der Waals surface area contributed by atoms with E-state index in [1.54, 1.807) is 23.1 Å². The van der Waals surface area contributed by atoms with Gasteiger partial charge in [0.05, 0.1) is 4.53 Å². The fourth-order valence-corrected chi connectivity index (χ4v) is 4.36. The van der Waals surface area contributed by atoms with E-state index in [0.29, 0.717) is 36.3 Å². The van der Waals surface area contributed by atoms with Crippen LogP contribution in [0.15, 0.2) is 41.7 Å². The second-order valence-corrected chi connectivity index (χ2v) is 8.18. The monoisotopic (exact) mass is 460 g/mol. The van der Waals surface area contributed by atoms with Gasteiger partial charge in [0.15, 0.2) is 5.57 Å². The quantitative estimate of drug-likeness (QED) is 0.601. The summed E-state index contributed by atoms with van der Waals surface area (Å²) in [6.45, 7) is 3.30. The summed E-state index contributed by atoms with van der Waals surface area (Å²) >= 11 is 1.04. The van der Waals surface area contributed by atoms with Gasteiger partial charge in [-0.2, -0.15) is 14.0 Å². The van der Waals surface area contributed by atoms with Gasteiger partial charge in [-0.25, -0.2) is 0 Å². The SMILES string of the molecule is C=CCn1c(=O)/c(=C/c2ccc(OC(F)F)cc2)s/c1=C(/C#N)C(=O)N1CCN(C)CC1.